The molecule has 1 amide bonds. The molecule has 0 saturated heterocycles. The van der Waals surface area contributed by atoms with Gasteiger partial charge >= 0.3 is 0 Å². The van der Waals surface area contributed by atoms with Crippen molar-refractivity contribution in [1.82, 2.24) is 5.32 Å². The summed E-state index contributed by atoms with van der Waals surface area (Å²) in [5, 5.41) is 6.31. The quantitative estimate of drug-likeness (QED) is 0.445. The maximum Gasteiger partial charge on any atom is 0.260 e. The van der Waals surface area contributed by atoms with Crippen LogP contribution >= 0.6 is 35.0 Å². The van der Waals surface area contributed by atoms with Gasteiger partial charge in [0.15, 0.2) is 6.10 Å². The fraction of sp³-hybridized carbons (Fsp3) is 0.227. The maximum absolute atomic E-state index is 12.3. The molecule has 0 aromatic heterocycles. The van der Waals surface area contributed by atoms with Crippen molar-refractivity contribution in [3.8, 4) is 5.75 Å². The Morgan fingerprint density at radius 2 is 1.89 bits per heavy atom. The second-order valence-electron chi connectivity index (χ2n) is 6.32. The molecule has 0 radical (unpaired) electrons. The van der Waals surface area contributed by atoms with Crippen LogP contribution in [0.25, 0.3) is 10.8 Å². The lowest BCUT2D eigenvalue weighted by molar-refractivity contribution is -0.127. The van der Waals surface area contributed by atoms with Gasteiger partial charge in [-0.15, -0.1) is 0 Å². The van der Waals surface area contributed by atoms with Crippen LogP contribution in [-0.4, -0.2) is 24.3 Å². The summed E-state index contributed by atoms with van der Waals surface area (Å²) in [7, 11) is 0. The number of hydrogen-bond donors (Lipinski definition) is 1. The first-order chi connectivity index (χ1) is 13.5. The van der Waals surface area contributed by atoms with Gasteiger partial charge in [0, 0.05) is 33.5 Å². The van der Waals surface area contributed by atoms with E-state index in [1.54, 1.807) is 24.8 Å². The van der Waals surface area contributed by atoms with E-state index in [2.05, 4.69) is 5.32 Å². The van der Waals surface area contributed by atoms with Crippen molar-refractivity contribution in [2.24, 2.45) is 0 Å². The monoisotopic (exact) mass is 433 g/mol. The second kappa shape index (κ2) is 10.1. The van der Waals surface area contributed by atoms with E-state index in [1.165, 1.54) is 0 Å². The number of fused-ring (bicyclic) bond motifs is 1. The van der Waals surface area contributed by atoms with Crippen LogP contribution in [0.15, 0.2) is 60.7 Å². The Hall–Kier alpha value is -1.88. The summed E-state index contributed by atoms with van der Waals surface area (Å²) in [6.45, 7) is 2.33. The molecule has 0 saturated carbocycles. The number of carbonyl (C=O) groups excluding carboxylic acids is 1. The fourth-order valence-corrected chi connectivity index (χ4v) is 4.17. The van der Waals surface area contributed by atoms with Gasteiger partial charge in [-0.25, -0.2) is 0 Å². The highest BCUT2D eigenvalue weighted by atomic mass is 35.5. The first kappa shape index (κ1) is 20.8. The van der Waals surface area contributed by atoms with Gasteiger partial charge in [0.25, 0.3) is 5.91 Å². The normalized spacial score (nSPS) is 12.0. The molecule has 1 unspecified atom stereocenters. The number of amides is 1. The Morgan fingerprint density at radius 3 is 2.71 bits per heavy atom. The third-order valence-electron chi connectivity index (χ3n) is 4.24. The molecule has 0 spiro atoms. The molecular weight excluding hydrogens is 413 g/mol. The summed E-state index contributed by atoms with van der Waals surface area (Å²) in [6, 6.07) is 19.3. The second-order valence-corrected chi connectivity index (χ2v) is 8.27. The van der Waals surface area contributed by atoms with Gasteiger partial charge in [0.2, 0.25) is 0 Å². The van der Waals surface area contributed by atoms with Crippen molar-refractivity contribution in [3.05, 3.63) is 76.3 Å². The van der Waals surface area contributed by atoms with Crippen molar-refractivity contribution >= 4 is 51.6 Å². The highest BCUT2D eigenvalue weighted by Crippen LogP contribution is 2.26. The van der Waals surface area contributed by atoms with Crippen LogP contribution < -0.4 is 10.1 Å². The van der Waals surface area contributed by atoms with Crippen LogP contribution in [0.1, 0.15) is 12.5 Å². The molecule has 0 aliphatic rings. The van der Waals surface area contributed by atoms with E-state index in [0.717, 1.165) is 27.8 Å². The summed E-state index contributed by atoms with van der Waals surface area (Å²) in [6.07, 6.45) is -0.568. The number of nitrogens with one attached hydrogen (secondary N) is 1. The zero-order valence-electron chi connectivity index (χ0n) is 15.5. The molecule has 146 valence electrons. The third-order valence-corrected chi connectivity index (χ3v) is 5.84. The van der Waals surface area contributed by atoms with Crippen LogP contribution in [0.4, 0.5) is 0 Å². The molecule has 0 fully saturated rings. The number of halogens is 2. The molecule has 28 heavy (non-hydrogen) atoms. The topological polar surface area (TPSA) is 38.3 Å². The molecule has 3 nitrogen and oxygen atoms in total. The highest BCUT2D eigenvalue weighted by molar-refractivity contribution is 7.98. The van der Waals surface area contributed by atoms with Crippen LogP contribution in [0.2, 0.25) is 10.0 Å². The van der Waals surface area contributed by atoms with Crippen molar-refractivity contribution in [3.63, 3.8) is 0 Å². The number of rotatable bonds is 8. The Morgan fingerprint density at radius 1 is 1.11 bits per heavy atom. The van der Waals surface area contributed by atoms with Gasteiger partial charge in [-0.05, 0) is 36.1 Å². The predicted octanol–water partition coefficient (Wildman–Crippen LogP) is 5.96. The number of carbonyl (C=O) groups is 1. The summed E-state index contributed by atoms with van der Waals surface area (Å²) in [4.78, 5) is 12.3. The molecule has 1 N–H and O–H groups in total. The first-order valence-corrected chi connectivity index (χ1v) is 10.9. The van der Waals surface area contributed by atoms with Crippen molar-refractivity contribution in [2.75, 3.05) is 12.3 Å². The minimum atomic E-state index is -0.568. The van der Waals surface area contributed by atoms with Crippen molar-refractivity contribution < 1.29 is 9.53 Å². The molecular formula is C22H21Cl2NO2S. The van der Waals surface area contributed by atoms with Gasteiger partial charge in [0.05, 0.1) is 0 Å². The Kier molecular flexibility index (Phi) is 7.49. The molecule has 3 rings (SSSR count). The number of hydrogen-bond acceptors (Lipinski definition) is 3. The van der Waals surface area contributed by atoms with Gasteiger partial charge < -0.3 is 10.1 Å². The first-order valence-electron chi connectivity index (χ1n) is 8.98. The van der Waals surface area contributed by atoms with Crippen molar-refractivity contribution in [1.29, 1.82) is 0 Å². The minimum Gasteiger partial charge on any atom is -0.480 e. The van der Waals surface area contributed by atoms with Gasteiger partial charge in [-0.3, -0.25) is 4.79 Å². The molecule has 1 atom stereocenters. The molecule has 0 aliphatic heterocycles. The van der Waals surface area contributed by atoms with Crippen LogP contribution in [0.5, 0.6) is 5.75 Å². The number of ether oxygens (including phenoxy) is 1. The predicted molar refractivity (Wildman–Crippen MR) is 120 cm³/mol. The van der Waals surface area contributed by atoms with Crippen LogP contribution in [0, 0.1) is 0 Å². The molecule has 3 aromatic carbocycles. The zero-order valence-corrected chi connectivity index (χ0v) is 17.8. The average molecular weight is 434 g/mol. The Balaban J connectivity index is 1.44. The standard InChI is InChI=1S/C22H21Cl2NO2S/c1-15(27-21-8-4-6-16-5-2-3-7-19(16)21)22(26)25-11-12-28-14-17-9-10-18(23)13-20(17)24/h2-10,13,15H,11-12,14H2,1H3,(H,25,26). The minimum absolute atomic E-state index is 0.127. The average Bonchev–Trinajstić information content (AvgIpc) is 2.69. The number of benzene rings is 3. The van der Waals surface area contributed by atoms with E-state index in [1.807, 2.05) is 54.6 Å². The molecule has 0 bridgehead atoms. The van der Waals surface area contributed by atoms with Gasteiger partial charge in [-0.2, -0.15) is 11.8 Å². The molecule has 3 aromatic rings. The van der Waals surface area contributed by atoms with Gasteiger partial charge in [-0.1, -0.05) is 65.7 Å². The van der Waals surface area contributed by atoms with E-state index < -0.39 is 6.10 Å². The lowest BCUT2D eigenvalue weighted by Gasteiger charge is -2.16. The largest absolute Gasteiger partial charge is 0.480 e. The maximum atomic E-state index is 12.3. The van der Waals surface area contributed by atoms with Crippen LogP contribution in [0.3, 0.4) is 0 Å². The smallest absolute Gasteiger partial charge is 0.260 e. The molecule has 0 aliphatic carbocycles. The van der Waals surface area contributed by atoms with E-state index >= 15 is 0 Å². The van der Waals surface area contributed by atoms with Gasteiger partial charge in [0.1, 0.15) is 5.75 Å². The third kappa shape index (κ3) is 5.57. The molecule has 0 heterocycles. The SMILES string of the molecule is CC(Oc1cccc2ccccc12)C(=O)NCCSCc1ccc(Cl)cc1Cl. The summed E-state index contributed by atoms with van der Waals surface area (Å²) < 4.78 is 5.89. The summed E-state index contributed by atoms with van der Waals surface area (Å²) in [5.74, 6) is 2.14. The molecule has 6 heteroatoms. The fourth-order valence-electron chi connectivity index (χ4n) is 2.75. The van der Waals surface area contributed by atoms with E-state index in [-0.39, 0.29) is 5.91 Å². The summed E-state index contributed by atoms with van der Waals surface area (Å²) >= 11 is 13.8. The lowest BCUT2D eigenvalue weighted by atomic mass is 10.1. The van der Waals surface area contributed by atoms with Crippen molar-refractivity contribution in [2.45, 2.75) is 18.8 Å². The zero-order chi connectivity index (χ0) is 19.9. The number of thioether (sulfide) groups is 1. The van der Waals surface area contributed by atoms with E-state index in [0.29, 0.717) is 22.3 Å². The Labute approximate surface area is 179 Å². The Bertz CT molecular complexity index is 959. The van der Waals surface area contributed by atoms with E-state index in [9.17, 15) is 4.79 Å². The highest BCUT2D eigenvalue weighted by Gasteiger charge is 2.15. The lowest BCUT2D eigenvalue weighted by Crippen LogP contribution is -2.37. The summed E-state index contributed by atoms with van der Waals surface area (Å²) in [5.41, 5.74) is 1.04. The van der Waals surface area contributed by atoms with E-state index in [4.69, 9.17) is 27.9 Å². The van der Waals surface area contributed by atoms with Crippen LogP contribution in [-0.2, 0) is 10.5 Å².